The van der Waals surface area contributed by atoms with Crippen LogP contribution in [0.1, 0.15) is 37.7 Å². The fraction of sp³-hybridized carbons (Fsp3) is 0.500. The Morgan fingerprint density at radius 1 is 1.33 bits per heavy atom. The van der Waals surface area contributed by atoms with E-state index in [0.29, 0.717) is 23.0 Å². The second-order valence-corrected chi connectivity index (χ2v) is 5.88. The highest BCUT2D eigenvalue weighted by molar-refractivity contribution is 6.31. The van der Waals surface area contributed by atoms with E-state index in [2.05, 4.69) is 5.32 Å². The number of esters is 1. The zero-order chi connectivity index (χ0) is 15.2. The summed E-state index contributed by atoms with van der Waals surface area (Å²) in [5, 5.41) is 3.29. The fourth-order valence-electron chi connectivity index (χ4n) is 2.58. The minimum Gasteiger partial charge on any atom is -0.456 e. The molecule has 5 heteroatoms. The van der Waals surface area contributed by atoms with Gasteiger partial charge in [0.2, 0.25) is 0 Å². The van der Waals surface area contributed by atoms with Crippen LogP contribution in [-0.4, -0.2) is 18.5 Å². The van der Waals surface area contributed by atoms with Crippen molar-refractivity contribution in [3.63, 3.8) is 0 Å². The van der Waals surface area contributed by atoms with Crippen molar-refractivity contribution < 1.29 is 14.3 Å². The zero-order valence-electron chi connectivity index (χ0n) is 12.2. The first-order valence-electron chi connectivity index (χ1n) is 7.27. The summed E-state index contributed by atoms with van der Waals surface area (Å²) in [7, 11) is 0. The van der Waals surface area contributed by atoms with Crippen molar-refractivity contribution in [2.24, 2.45) is 5.92 Å². The largest absolute Gasteiger partial charge is 0.456 e. The highest BCUT2D eigenvalue weighted by atomic mass is 35.5. The van der Waals surface area contributed by atoms with Gasteiger partial charge >= 0.3 is 5.97 Å². The number of carbonyl (C=O) groups excluding carboxylic acids is 2. The molecule has 1 fully saturated rings. The minimum absolute atomic E-state index is 0.252. The number of benzene rings is 1. The van der Waals surface area contributed by atoms with Gasteiger partial charge in [0.25, 0.3) is 5.91 Å². The molecule has 0 aliphatic heterocycles. The summed E-state index contributed by atoms with van der Waals surface area (Å²) < 4.78 is 5.02. The first-order chi connectivity index (χ1) is 10.1. The second kappa shape index (κ2) is 7.46. The molecule has 0 heterocycles. The van der Waals surface area contributed by atoms with E-state index in [1.165, 1.54) is 12.8 Å². The molecule has 2 rings (SSSR count). The Morgan fingerprint density at radius 3 is 2.76 bits per heavy atom. The molecule has 4 nitrogen and oxygen atoms in total. The standard InChI is InChI=1S/C16H20ClNO3/c1-11-13(17)7-4-8-14(11)18-15(19)10-21-16(20)9-12-5-2-3-6-12/h4,7-8,12H,2-3,5-6,9-10H2,1H3,(H,18,19). The van der Waals surface area contributed by atoms with E-state index in [0.717, 1.165) is 18.4 Å². The lowest BCUT2D eigenvalue weighted by Crippen LogP contribution is -2.22. The fourth-order valence-corrected chi connectivity index (χ4v) is 2.76. The zero-order valence-corrected chi connectivity index (χ0v) is 12.9. The van der Waals surface area contributed by atoms with Gasteiger partial charge in [-0.3, -0.25) is 9.59 Å². The molecule has 0 aromatic heterocycles. The van der Waals surface area contributed by atoms with Crippen LogP contribution < -0.4 is 5.32 Å². The number of hydrogen-bond donors (Lipinski definition) is 1. The quantitative estimate of drug-likeness (QED) is 0.844. The van der Waals surface area contributed by atoms with Gasteiger partial charge in [-0.2, -0.15) is 0 Å². The van der Waals surface area contributed by atoms with Gasteiger partial charge in [0.1, 0.15) is 0 Å². The van der Waals surface area contributed by atoms with Crippen molar-refractivity contribution in [1.29, 1.82) is 0 Å². The molecular formula is C16H20ClNO3. The molecule has 1 aliphatic carbocycles. The van der Waals surface area contributed by atoms with E-state index in [4.69, 9.17) is 16.3 Å². The summed E-state index contributed by atoms with van der Waals surface area (Å²) in [5.41, 5.74) is 1.43. The van der Waals surface area contributed by atoms with Crippen LogP contribution in [0.3, 0.4) is 0 Å². The Bertz CT molecular complexity index is 524. The van der Waals surface area contributed by atoms with Crippen LogP contribution in [0.2, 0.25) is 5.02 Å². The first-order valence-corrected chi connectivity index (χ1v) is 7.64. The predicted molar refractivity (Wildman–Crippen MR) is 82.4 cm³/mol. The van der Waals surface area contributed by atoms with Crippen LogP contribution in [0, 0.1) is 12.8 Å². The molecule has 0 unspecified atom stereocenters. The summed E-state index contributed by atoms with van der Waals surface area (Å²) in [6, 6.07) is 5.28. The van der Waals surface area contributed by atoms with Crippen LogP contribution >= 0.6 is 11.6 Å². The molecule has 0 radical (unpaired) electrons. The van der Waals surface area contributed by atoms with Crippen molar-refractivity contribution in [3.05, 3.63) is 28.8 Å². The lowest BCUT2D eigenvalue weighted by molar-refractivity contribution is -0.148. The number of amides is 1. The van der Waals surface area contributed by atoms with E-state index in [-0.39, 0.29) is 18.5 Å². The lowest BCUT2D eigenvalue weighted by atomic mass is 10.1. The molecule has 0 bridgehead atoms. The molecule has 1 aromatic rings. The molecule has 0 spiro atoms. The number of ether oxygens (including phenoxy) is 1. The maximum Gasteiger partial charge on any atom is 0.306 e. The number of hydrogen-bond acceptors (Lipinski definition) is 3. The highest BCUT2D eigenvalue weighted by Gasteiger charge is 2.19. The normalized spacial score (nSPS) is 15.0. The Kier molecular flexibility index (Phi) is 5.62. The van der Waals surface area contributed by atoms with E-state index in [1.54, 1.807) is 18.2 Å². The van der Waals surface area contributed by atoms with Gasteiger partial charge < -0.3 is 10.1 Å². The number of rotatable bonds is 5. The first kappa shape index (κ1) is 15.8. The van der Waals surface area contributed by atoms with E-state index in [1.807, 2.05) is 6.92 Å². The average Bonchev–Trinajstić information content (AvgIpc) is 2.94. The molecule has 1 aromatic carbocycles. The smallest absolute Gasteiger partial charge is 0.306 e. The summed E-state index contributed by atoms with van der Waals surface area (Å²) in [6.45, 7) is 1.57. The Hall–Kier alpha value is -1.55. The summed E-state index contributed by atoms with van der Waals surface area (Å²) >= 11 is 5.98. The monoisotopic (exact) mass is 309 g/mol. The van der Waals surface area contributed by atoms with Gasteiger partial charge in [0.15, 0.2) is 6.61 Å². The topological polar surface area (TPSA) is 55.4 Å². The second-order valence-electron chi connectivity index (χ2n) is 5.48. The lowest BCUT2D eigenvalue weighted by Gasteiger charge is -2.11. The number of nitrogens with one attached hydrogen (secondary N) is 1. The third kappa shape index (κ3) is 4.74. The van der Waals surface area contributed by atoms with Crippen molar-refractivity contribution in [2.45, 2.75) is 39.0 Å². The van der Waals surface area contributed by atoms with Gasteiger partial charge in [0.05, 0.1) is 0 Å². The third-order valence-corrected chi connectivity index (χ3v) is 4.25. The van der Waals surface area contributed by atoms with Gasteiger partial charge in [-0.05, 0) is 43.4 Å². The molecule has 0 atom stereocenters. The third-order valence-electron chi connectivity index (χ3n) is 3.84. The van der Waals surface area contributed by atoms with Crippen LogP contribution in [-0.2, 0) is 14.3 Å². The number of carbonyl (C=O) groups is 2. The molecular weight excluding hydrogens is 290 g/mol. The van der Waals surface area contributed by atoms with Crippen molar-refractivity contribution in [2.75, 3.05) is 11.9 Å². The van der Waals surface area contributed by atoms with Gasteiger partial charge in [0, 0.05) is 17.1 Å². The van der Waals surface area contributed by atoms with Crippen LogP contribution in [0.4, 0.5) is 5.69 Å². The van der Waals surface area contributed by atoms with Gasteiger partial charge in [-0.1, -0.05) is 30.5 Å². The summed E-state index contributed by atoms with van der Waals surface area (Å²) in [5.74, 6) is -0.212. The maximum atomic E-state index is 11.8. The average molecular weight is 310 g/mol. The van der Waals surface area contributed by atoms with Crippen molar-refractivity contribution >= 4 is 29.2 Å². The predicted octanol–water partition coefficient (Wildman–Crippen LogP) is 3.71. The Labute approximate surface area is 129 Å². The molecule has 1 N–H and O–H groups in total. The van der Waals surface area contributed by atoms with Gasteiger partial charge in [-0.25, -0.2) is 0 Å². The molecule has 1 amide bonds. The van der Waals surface area contributed by atoms with Crippen LogP contribution in [0.5, 0.6) is 0 Å². The molecule has 1 aliphatic rings. The molecule has 1 saturated carbocycles. The Balaban J connectivity index is 1.76. The molecule has 0 saturated heterocycles. The molecule has 21 heavy (non-hydrogen) atoms. The summed E-state index contributed by atoms with van der Waals surface area (Å²) in [4.78, 5) is 23.4. The molecule has 114 valence electrons. The number of anilines is 1. The Morgan fingerprint density at radius 2 is 2.05 bits per heavy atom. The van der Waals surface area contributed by atoms with Crippen LogP contribution in [0.25, 0.3) is 0 Å². The number of halogens is 1. The van der Waals surface area contributed by atoms with E-state index in [9.17, 15) is 9.59 Å². The van der Waals surface area contributed by atoms with E-state index < -0.39 is 0 Å². The van der Waals surface area contributed by atoms with Crippen molar-refractivity contribution in [3.8, 4) is 0 Å². The maximum absolute atomic E-state index is 11.8. The highest BCUT2D eigenvalue weighted by Crippen LogP contribution is 2.27. The van der Waals surface area contributed by atoms with Gasteiger partial charge in [-0.15, -0.1) is 0 Å². The van der Waals surface area contributed by atoms with Crippen LogP contribution in [0.15, 0.2) is 18.2 Å². The minimum atomic E-state index is -0.347. The van der Waals surface area contributed by atoms with Crippen molar-refractivity contribution in [1.82, 2.24) is 0 Å². The summed E-state index contributed by atoms with van der Waals surface area (Å²) in [6.07, 6.45) is 4.97. The SMILES string of the molecule is Cc1c(Cl)cccc1NC(=O)COC(=O)CC1CCCC1. The van der Waals surface area contributed by atoms with E-state index >= 15 is 0 Å².